The van der Waals surface area contributed by atoms with Crippen molar-refractivity contribution >= 4 is 66.4 Å². The van der Waals surface area contributed by atoms with Crippen molar-refractivity contribution in [1.82, 2.24) is 0 Å². The van der Waals surface area contributed by atoms with Gasteiger partial charge >= 0.3 is 0 Å². The van der Waals surface area contributed by atoms with E-state index in [0.717, 1.165) is 41.2 Å². The van der Waals surface area contributed by atoms with Crippen LogP contribution in [0.15, 0.2) is 174 Å². The second kappa shape index (κ2) is 11.6. The fraction of sp³-hybridized carbons (Fsp3) is 0.0417. The molecule has 2 heteroatoms. The zero-order valence-corrected chi connectivity index (χ0v) is 27.5. The Morgan fingerprint density at radius 1 is 0.440 bits per heavy atom. The molecular weight excluding hydrogens is 607 g/mol. The van der Waals surface area contributed by atoms with Crippen molar-refractivity contribution in [3.8, 4) is 22.3 Å². The average Bonchev–Trinajstić information content (AvgIpc) is 3.56. The summed E-state index contributed by atoms with van der Waals surface area (Å²) in [5.41, 5.74) is 10.4. The Morgan fingerprint density at radius 3 is 1.96 bits per heavy atom. The smallest absolute Gasteiger partial charge is 0.135 e. The number of benzene rings is 8. The Labute approximate surface area is 291 Å². The van der Waals surface area contributed by atoms with Gasteiger partial charge in [-0.15, -0.1) is 0 Å². The van der Waals surface area contributed by atoms with Crippen molar-refractivity contribution in [2.24, 2.45) is 0 Å². The number of para-hydroxylation sites is 1. The molecule has 0 N–H and O–H groups in total. The van der Waals surface area contributed by atoms with Gasteiger partial charge in [-0.2, -0.15) is 0 Å². The molecule has 1 aliphatic carbocycles. The molecule has 0 saturated heterocycles. The lowest BCUT2D eigenvalue weighted by Crippen LogP contribution is -2.09. The molecule has 0 amide bonds. The zero-order valence-electron chi connectivity index (χ0n) is 27.5. The first-order chi connectivity index (χ1) is 24.8. The van der Waals surface area contributed by atoms with Gasteiger partial charge in [0.2, 0.25) is 0 Å². The highest BCUT2D eigenvalue weighted by molar-refractivity contribution is 6.20. The second-order valence-corrected chi connectivity index (χ2v) is 13.3. The molecule has 0 unspecified atom stereocenters. The molecule has 1 heterocycles. The van der Waals surface area contributed by atoms with E-state index in [-0.39, 0.29) is 0 Å². The molecule has 0 atom stereocenters. The summed E-state index contributed by atoms with van der Waals surface area (Å²) in [5.74, 6) is 1.00. The monoisotopic (exact) mass is 639 g/mol. The largest absolute Gasteiger partial charge is 0.456 e. The van der Waals surface area contributed by atoms with E-state index >= 15 is 0 Å². The van der Waals surface area contributed by atoms with E-state index in [9.17, 15) is 0 Å². The van der Waals surface area contributed by atoms with Crippen molar-refractivity contribution in [3.63, 3.8) is 0 Å². The second-order valence-electron chi connectivity index (χ2n) is 13.3. The lowest BCUT2D eigenvalue weighted by molar-refractivity contribution is 0.595. The minimum Gasteiger partial charge on any atom is -0.456 e. The Kier molecular flexibility index (Phi) is 6.67. The first kappa shape index (κ1) is 28.6. The van der Waals surface area contributed by atoms with Gasteiger partial charge in [-0.25, -0.2) is 0 Å². The fourth-order valence-corrected chi connectivity index (χ4v) is 7.81. The van der Waals surface area contributed by atoms with Crippen LogP contribution in [0.25, 0.3) is 71.6 Å². The molecule has 50 heavy (non-hydrogen) atoms. The van der Waals surface area contributed by atoms with E-state index in [1.165, 1.54) is 65.5 Å². The Hall–Kier alpha value is -6.38. The van der Waals surface area contributed by atoms with Gasteiger partial charge in [0, 0.05) is 28.0 Å². The zero-order chi connectivity index (χ0) is 33.0. The van der Waals surface area contributed by atoms with Gasteiger partial charge in [0.15, 0.2) is 0 Å². The van der Waals surface area contributed by atoms with E-state index in [1.807, 2.05) is 0 Å². The molecule has 0 aliphatic heterocycles. The third-order valence-corrected chi connectivity index (χ3v) is 10.3. The summed E-state index contributed by atoms with van der Waals surface area (Å²) in [5, 5.41) is 8.92. The molecule has 10 rings (SSSR count). The number of nitrogens with zero attached hydrogens (tertiary/aromatic N) is 1. The molecule has 1 aromatic heterocycles. The third kappa shape index (κ3) is 4.80. The molecule has 8 aromatic carbocycles. The van der Waals surface area contributed by atoms with E-state index in [1.54, 1.807) is 0 Å². The van der Waals surface area contributed by atoms with Crippen molar-refractivity contribution in [2.45, 2.75) is 12.8 Å². The summed E-state index contributed by atoms with van der Waals surface area (Å²) in [7, 11) is 0. The molecule has 0 spiro atoms. The Bertz CT molecular complexity index is 2750. The minimum atomic E-state index is 0.959. The summed E-state index contributed by atoms with van der Waals surface area (Å²) in [6, 6.07) is 59.6. The Morgan fingerprint density at radius 2 is 1.08 bits per heavy atom. The highest BCUT2D eigenvalue weighted by Crippen LogP contribution is 2.40. The van der Waals surface area contributed by atoms with Gasteiger partial charge in [-0.3, -0.25) is 0 Å². The number of furan rings is 1. The molecule has 0 saturated carbocycles. The third-order valence-electron chi connectivity index (χ3n) is 10.3. The van der Waals surface area contributed by atoms with Crippen LogP contribution in [-0.4, -0.2) is 0 Å². The first-order valence-corrected chi connectivity index (χ1v) is 17.4. The molecule has 236 valence electrons. The van der Waals surface area contributed by atoms with Crippen LogP contribution in [0.1, 0.15) is 17.7 Å². The van der Waals surface area contributed by atoms with E-state index in [2.05, 4.69) is 181 Å². The molecule has 1 aliphatic rings. The number of aryl methyl sites for hydroxylation is 1. The number of rotatable bonds is 5. The summed E-state index contributed by atoms with van der Waals surface area (Å²) < 4.78 is 6.16. The average molecular weight is 640 g/mol. The molecular formula is C48H33NO. The predicted molar refractivity (Wildman–Crippen MR) is 212 cm³/mol. The molecule has 9 aromatic rings. The van der Waals surface area contributed by atoms with Crippen molar-refractivity contribution in [1.29, 1.82) is 0 Å². The maximum absolute atomic E-state index is 6.16. The predicted octanol–water partition coefficient (Wildman–Crippen LogP) is 13.7. The van der Waals surface area contributed by atoms with Gasteiger partial charge in [0.1, 0.15) is 11.3 Å². The number of hydrogen-bond donors (Lipinski definition) is 0. The van der Waals surface area contributed by atoms with Crippen LogP contribution in [0, 0.1) is 0 Å². The van der Waals surface area contributed by atoms with E-state index in [0.29, 0.717) is 0 Å². The van der Waals surface area contributed by atoms with Crippen LogP contribution in [0.2, 0.25) is 0 Å². The Balaban J connectivity index is 1.05. The van der Waals surface area contributed by atoms with Crippen molar-refractivity contribution in [2.75, 3.05) is 4.90 Å². The summed E-state index contributed by atoms with van der Waals surface area (Å²) in [6.07, 6.45) is 6.39. The van der Waals surface area contributed by atoms with Gasteiger partial charge in [-0.1, -0.05) is 115 Å². The number of anilines is 3. The number of allylic oxidation sites excluding steroid dienone is 1. The number of fused-ring (bicyclic) bond motifs is 8. The standard InChI is InChI=1S/C48H33NO/c1-2-11-39(12-3-1)49(41-13-8-10-36(29-41)38-25-28-47-45(31-38)43-15-6-7-16-46(43)50-47)40-26-23-32(24-27-40)37-22-19-34-18-21-35-20-17-33-9-4-5-14-42(33)48(35)44(34)30-37/h1-5,7-14,16-31H,6,15H2. The minimum absolute atomic E-state index is 0.959. The van der Waals surface area contributed by atoms with E-state index < -0.39 is 0 Å². The SMILES string of the molecule is C1=Cc2oc3ccc(-c4cccc(N(c5ccccc5)c5ccc(-c6ccc7ccc8ccc9ccccc9c8c7c6)cc5)c4)cc3c2CC1. The van der Waals surface area contributed by atoms with Crippen molar-refractivity contribution < 1.29 is 4.42 Å². The van der Waals surface area contributed by atoms with Crippen LogP contribution in [0.5, 0.6) is 0 Å². The van der Waals surface area contributed by atoms with Gasteiger partial charge in [0.05, 0.1) is 0 Å². The van der Waals surface area contributed by atoms with Crippen LogP contribution >= 0.6 is 0 Å². The maximum atomic E-state index is 6.16. The normalized spacial score (nSPS) is 12.6. The first-order valence-electron chi connectivity index (χ1n) is 17.4. The maximum Gasteiger partial charge on any atom is 0.135 e. The summed E-state index contributed by atoms with van der Waals surface area (Å²) in [4.78, 5) is 2.34. The number of hydrogen-bond acceptors (Lipinski definition) is 2. The summed E-state index contributed by atoms with van der Waals surface area (Å²) in [6.45, 7) is 0. The molecule has 0 radical (unpaired) electrons. The highest BCUT2D eigenvalue weighted by atomic mass is 16.3. The lowest BCUT2D eigenvalue weighted by atomic mass is 9.94. The van der Waals surface area contributed by atoms with Gasteiger partial charge in [-0.05, 0) is 128 Å². The van der Waals surface area contributed by atoms with Crippen LogP contribution in [0.4, 0.5) is 17.1 Å². The van der Waals surface area contributed by atoms with Crippen LogP contribution in [0.3, 0.4) is 0 Å². The molecule has 0 bridgehead atoms. The van der Waals surface area contributed by atoms with Gasteiger partial charge < -0.3 is 9.32 Å². The highest BCUT2D eigenvalue weighted by Gasteiger charge is 2.17. The van der Waals surface area contributed by atoms with Crippen LogP contribution in [-0.2, 0) is 6.42 Å². The lowest BCUT2D eigenvalue weighted by Gasteiger charge is -2.26. The summed E-state index contributed by atoms with van der Waals surface area (Å²) >= 11 is 0. The topological polar surface area (TPSA) is 16.4 Å². The van der Waals surface area contributed by atoms with Crippen LogP contribution < -0.4 is 4.90 Å². The van der Waals surface area contributed by atoms with Crippen molar-refractivity contribution in [3.05, 3.63) is 181 Å². The fourth-order valence-electron chi connectivity index (χ4n) is 7.81. The molecule has 0 fully saturated rings. The molecule has 2 nitrogen and oxygen atoms in total. The van der Waals surface area contributed by atoms with E-state index in [4.69, 9.17) is 4.42 Å². The van der Waals surface area contributed by atoms with Gasteiger partial charge in [0.25, 0.3) is 0 Å². The quantitative estimate of drug-likeness (QED) is 0.174.